The summed E-state index contributed by atoms with van der Waals surface area (Å²) in [5, 5.41) is 0. The van der Waals surface area contributed by atoms with Gasteiger partial charge in [0.1, 0.15) is 36.5 Å². The van der Waals surface area contributed by atoms with E-state index in [-0.39, 0.29) is 0 Å². The summed E-state index contributed by atoms with van der Waals surface area (Å²) in [5.74, 6) is 0.223. The van der Waals surface area contributed by atoms with Gasteiger partial charge in [0.05, 0.1) is 0 Å². The molecule has 3 aromatic rings. The van der Waals surface area contributed by atoms with Gasteiger partial charge in [-0.1, -0.05) is 55.6 Å². The van der Waals surface area contributed by atoms with E-state index in [2.05, 4.69) is 38.3 Å². The Bertz CT molecular complexity index is 1350. The molecule has 37 heavy (non-hydrogen) atoms. The Labute approximate surface area is 216 Å². The predicted octanol–water partition coefficient (Wildman–Crippen LogP) is 7.27. The van der Waals surface area contributed by atoms with Crippen molar-refractivity contribution >= 4 is 11.9 Å². The number of carbonyl (C=O) groups excluding carboxylic acids is 2. The zero-order valence-corrected chi connectivity index (χ0v) is 21.0. The molecule has 0 N–H and O–H groups in total. The van der Waals surface area contributed by atoms with E-state index in [1.165, 1.54) is 25.0 Å². The number of ether oxygens (including phenoxy) is 4. The van der Waals surface area contributed by atoms with Gasteiger partial charge in [0.25, 0.3) is 0 Å². The topological polar surface area (TPSA) is 71.1 Å². The second-order valence-electron chi connectivity index (χ2n) is 8.23. The second kappa shape index (κ2) is 12.7. The van der Waals surface area contributed by atoms with Crippen LogP contribution in [0.25, 0.3) is 22.3 Å². The highest BCUT2D eigenvalue weighted by Crippen LogP contribution is 2.30. The molecule has 0 unspecified atom stereocenters. The van der Waals surface area contributed by atoms with Crippen molar-refractivity contribution < 1.29 is 28.5 Å². The van der Waals surface area contributed by atoms with Crippen molar-refractivity contribution in [3.05, 3.63) is 122 Å². The number of carbonyl (C=O) groups is 2. The number of esters is 2. The highest BCUT2D eigenvalue weighted by Gasteiger charge is 2.06. The molecule has 0 bridgehead atoms. The Kier molecular flexibility index (Phi) is 9.22. The molecule has 0 atom stereocenters. The number of hydrogen-bond donors (Lipinski definition) is 0. The van der Waals surface area contributed by atoms with E-state index in [9.17, 15) is 9.59 Å². The van der Waals surface area contributed by atoms with Crippen LogP contribution < -0.4 is 9.47 Å². The molecule has 0 amide bonds. The van der Waals surface area contributed by atoms with Crippen molar-refractivity contribution in [3.8, 4) is 33.8 Å². The summed E-state index contributed by atoms with van der Waals surface area (Å²) in [6, 6.07) is 21.5. The molecule has 3 aromatic carbocycles. The fourth-order valence-electron chi connectivity index (χ4n) is 3.20. The summed E-state index contributed by atoms with van der Waals surface area (Å²) in [7, 11) is 0. The van der Waals surface area contributed by atoms with Gasteiger partial charge in [-0.25, -0.2) is 9.59 Å². The van der Waals surface area contributed by atoms with E-state index in [1.54, 1.807) is 13.8 Å². The van der Waals surface area contributed by atoms with E-state index < -0.39 is 11.9 Å². The van der Waals surface area contributed by atoms with Crippen molar-refractivity contribution in [1.82, 2.24) is 0 Å². The van der Waals surface area contributed by atoms with Gasteiger partial charge >= 0.3 is 11.9 Å². The standard InChI is InChI=1S/C31H28O6/c1-21(2)30(32)36-18-16-34-27-11-6-24(7-12-27)26-10-15-29(23(5)20-26)25-8-13-28(14-9-25)35-17-19-37-31(33)22(3)4/h6-20H,1,3H2,2,4-5H3. The number of hydrogen-bond acceptors (Lipinski definition) is 6. The average Bonchev–Trinajstić information content (AvgIpc) is 2.89. The quantitative estimate of drug-likeness (QED) is 0.167. The lowest BCUT2D eigenvalue weighted by molar-refractivity contribution is -0.134. The summed E-state index contributed by atoms with van der Waals surface area (Å²) < 4.78 is 20.6. The highest BCUT2D eigenvalue weighted by atomic mass is 16.5. The molecule has 0 aliphatic rings. The first-order valence-electron chi connectivity index (χ1n) is 11.4. The third kappa shape index (κ3) is 7.83. The summed E-state index contributed by atoms with van der Waals surface area (Å²) in [6.45, 7) is 12.2. The molecule has 3 rings (SSSR count). The molecule has 0 aliphatic carbocycles. The molecule has 0 saturated heterocycles. The Hall–Kier alpha value is -4.84. The van der Waals surface area contributed by atoms with Crippen LogP contribution >= 0.6 is 0 Å². The van der Waals surface area contributed by atoms with Gasteiger partial charge in [-0.15, -0.1) is 0 Å². The van der Waals surface area contributed by atoms with Crippen molar-refractivity contribution in [3.63, 3.8) is 0 Å². The smallest absolute Gasteiger partial charge is 0.338 e. The van der Waals surface area contributed by atoms with Crippen molar-refractivity contribution in [2.45, 2.75) is 20.8 Å². The lowest BCUT2D eigenvalue weighted by atomic mass is 9.96. The lowest BCUT2D eigenvalue weighted by Crippen LogP contribution is -1.99. The first-order valence-corrected chi connectivity index (χ1v) is 11.4. The van der Waals surface area contributed by atoms with Gasteiger partial charge in [0.2, 0.25) is 0 Å². The summed E-state index contributed by atoms with van der Waals surface area (Å²) in [4.78, 5) is 22.7. The van der Waals surface area contributed by atoms with E-state index in [1.807, 2.05) is 48.5 Å². The minimum atomic E-state index is -0.505. The number of aryl methyl sites for hydroxylation is 1. The molecular formula is C31H28O6. The average molecular weight is 497 g/mol. The molecule has 0 saturated carbocycles. The molecule has 0 fully saturated rings. The monoisotopic (exact) mass is 496 g/mol. The summed E-state index contributed by atoms with van der Waals surface area (Å²) in [6.07, 6.45) is 4.98. The molecule has 0 radical (unpaired) electrons. The first-order chi connectivity index (χ1) is 17.7. The van der Waals surface area contributed by atoms with Gasteiger partial charge in [0, 0.05) is 11.1 Å². The van der Waals surface area contributed by atoms with Crippen LogP contribution in [0.5, 0.6) is 11.5 Å². The van der Waals surface area contributed by atoms with Crippen LogP contribution in [-0.2, 0) is 19.1 Å². The maximum atomic E-state index is 11.3. The summed E-state index contributed by atoms with van der Waals surface area (Å²) >= 11 is 0. The zero-order valence-electron chi connectivity index (χ0n) is 21.0. The van der Waals surface area contributed by atoms with Crippen molar-refractivity contribution in [2.24, 2.45) is 0 Å². The minimum Gasteiger partial charge on any atom is -0.462 e. The van der Waals surface area contributed by atoms with Crippen LogP contribution in [0.1, 0.15) is 19.4 Å². The molecular weight excluding hydrogens is 468 g/mol. The lowest BCUT2D eigenvalue weighted by Gasteiger charge is -2.10. The van der Waals surface area contributed by atoms with E-state index >= 15 is 0 Å². The number of rotatable bonds is 10. The van der Waals surface area contributed by atoms with Gasteiger partial charge in [-0.3, -0.25) is 0 Å². The minimum absolute atomic E-state index is 0.314. The van der Waals surface area contributed by atoms with Crippen molar-refractivity contribution in [1.29, 1.82) is 0 Å². The molecule has 0 aromatic heterocycles. The molecule has 0 aliphatic heterocycles. The van der Waals surface area contributed by atoms with Crippen LogP contribution in [0.15, 0.2) is 116 Å². The van der Waals surface area contributed by atoms with Crippen LogP contribution in [0, 0.1) is 6.92 Å². The largest absolute Gasteiger partial charge is 0.462 e. The number of benzene rings is 3. The molecule has 0 spiro atoms. The van der Waals surface area contributed by atoms with E-state index in [0.717, 1.165) is 27.8 Å². The van der Waals surface area contributed by atoms with Gasteiger partial charge in [-0.2, -0.15) is 0 Å². The fraction of sp³-hybridized carbons (Fsp3) is 0.0968. The molecule has 6 nitrogen and oxygen atoms in total. The Morgan fingerprint density at radius 3 is 1.49 bits per heavy atom. The predicted molar refractivity (Wildman–Crippen MR) is 143 cm³/mol. The fourth-order valence-corrected chi connectivity index (χ4v) is 3.20. The van der Waals surface area contributed by atoms with Crippen LogP contribution in [0.4, 0.5) is 0 Å². The second-order valence-corrected chi connectivity index (χ2v) is 8.23. The maximum absolute atomic E-state index is 11.3. The summed E-state index contributed by atoms with van der Waals surface area (Å²) in [5.41, 5.74) is 6.03. The van der Waals surface area contributed by atoms with Crippen LogP contribution in [0.3, 0.4) is 0 Å². The Morgan fingerprint density at radius 2 is 1.05 bits per heavy atom. The SMILES string of the molecule is C=C(C)C(=O)OC=COc1ccc(-c2ccc(-c3ccc(OC=COC(=O)C(=C)C)cc3)c(C)c2)cc1. The van der Waals surface area contributed by atoms with Gasteiger partial charge in [-0.05, 0) is 72.9 Å². The first kappa shape index (κ1) is 26.8. The van der Waals surface area contributed by atoms with Crippen LogP contribution in [-0.4, -0.2) is 11.9 Å². The molecule has 0 heterocycles. The third-order valence-electron chi connectivity index (χ3n) is 5.15. The van der Waals surface area contributed by atoms with E-state index in [0.29, 0.717) is 22.6 Å². The maximum Gasteiger partial charge on any atom is 0.338 e. The van der Waals surface area contributed by atoms with Gasteiger partial charge in [0.15, 0.2) is 0 Å². The van der Waals surface area contributed by atoms with Gasteiger partial charge < -0.3 is 18.9 Å². The molecule has 188 valence electrons. The molecule has 6 heteroatoms. The normalized spacial score (nSPS) is 10.8. The Morgan fingerprint density at radius 1 is 0.622 bits per heavy atom. The van der Waals surface area contributed by atoms with Crippen LogP contribution in [0.2, 0.25) is 0 Å². The highest BCUT2D eigenvalue weighted by molar-refractivity contribution is 5.87. The van der Waals surface area contributed by atoms with E-state index in [4.69, 9.17) is 18.9 Å². The van der Waals surface area contributed by atoms with Crippen molar-refractivity contribution in [2.75, 3.05) is 0 Å². The third-order valence-corrected chi connectivity index (χ3v) is 5.15. The Balaban J connectivity index is 1.61. The zero-order chi connectivity index (χ0) is 26.8.